The molecule has 1 saturated heterocycles. The summed E-state index contributed by atoms with van der Waals surface area (Å²) in [6.07, 6.45) is 1.54. The van der Waals surface area contributed by atoms with Crippen LogP contribution in [0.3, 0.4) is 0 Å². The molecule has 118 valence electrons. The van der Waals surface area contributed by atoms with Crippen LogP contribution in [0.4, 0.5) is 0 Å². The summed E-state index contributed by atoms with van der Waals surface area (Å²) >= 11 is 0. The van der Waals surface area contributed by atoms with Gasteiger partial charge < -0.3 is 14.8 Å². The average Bonchev–Trinajstić information content (AvgIpc) is 2.99. The van der Waals surface area contributed by atoms with E-state index in [1.807, 2.05) is 30.1 Å². The number of piperazine rings is 1. The van der Waals surface area contributed by atoms with Gasteiger partial charge in [0.2, 0.25) is 0 Å². The number of nitrogens with zero attached hydrogens (tertiary/aromatic N) is 4. The molecule has 3 aromatic rings. The van der Waals surface area contributed by atoms with Crippen molar-refractivity contribution in [2.75, 3.05) is 33.2 Å². The first kappa shape index (κ1) is 14.0. The van der Waals surface area contributed by atoms with E-state index in [-0.39, 0.29) is 11.5 Å². The number of benzene rings is 1. The van der Waals surface area contributed by atoms with Gasteiger partial charge in [-0.3, -0.25) is 9.59 Å². The van der Waals surface area contributed by atoms with Crippen LogP contribution in [0.15, 0.2) is 35.3 Å². The topological polar surface area (TPSA) is 73.7 Å². The Bertz CT molecular complexity index is 950. The van der Waals surface area contributed by atoms with Gasteiger partial charge in [0.05, 0.1) is 17.1 Å². The molecule has 1 aliphatic heterocycles. The number of para-hydroxylation sites is 1. The van der Waals surface area contributed by atoms with E-state index in [1.165, 1.54) is 0 Å². The molecule has 0 bridgehead atoms. The van der Waals surface area contributed by atoms with Crippen molar-refractivity contribution in [3.63, 3.8) is 0 Å². The van der Waals surface area contributed by atoms with Gasteiger partial charge in [0.25, 0.3) is 11.5 Å². The van der Waals surface area contributed by atoms with E-state index in [0.717, 1.165) is 13.1 Å². The highest BCUT2D eigenvalue weighted by molar-refractivity contribution is 6.00. The van der Waals surface area contributed by atoms with Gasteiger partial charge in [-0.05, 0) is 19.2 Å². The van der Waals surface area contributed by atoms with Gasteiger partial charge in [0, 0.05) is 26.2 Å². The van der Waals surface area contributed by atoms with Crippen LogP contribution in [0.2, 0.25) is 0 Å². The Kier molecular flexibility index (Phi) is 3.16. The van der Waals surface area contributed by atoms with Crippen LogP contribution < -0.4 is 5.56 Å². The smallest absolute Gasteiger partial charge is 0.259 e. The number of amides is 1. The first-order valence-corrected chi connectivity index (χ1v) is 7.62. The number of hydrogen-bond acceptors (Lipinski definition) is 4. The maximum absolute atomic E-state index is 12.8. The summed E-state index contributed by atoms with van der Waals surface area (Å²) in [5, 5.41) is 4.86. The normalized spacial score (nSPS) is 16.3. The Morgan fingerprint density at radius 1 is 1.17 bits per heavy atom. The van der Waals surface area contributed by atoms with Crippen molar-refractivity contribution in [1.82, 2.24) is 24.4 Å². The number of carbonyl (C=O) groups is 1. The first-order chi connectivity index (χ1) is 11.1. The van der Waals surface area contributed by atoms with Crippen molar-refractivity contribution in [2.24, 2.45) is 0 Å². The van der Waals surface area contributed by atoms with Gasteiger partial charge >= 0.3 is 0 Å². The van der Waals surface area contributed by atoms with Crippen molar-refractivity contribution in [2.45, 2.75) is 0 Å². The highest BCUT2D eigenvalue weighted by atomic mass is 16.2. The summed E-state index contributed by atoms with van der Waals surface area (Å²) in [6, 6.07) is 7.24. The molecule has 0 unspecified atom stereocenters. The minimum atomic E-state index is -0.207. The van der Waals surface area contributed by atoms with Crippen LogP contribution in [0.1, 0.15) is 10.4 Å². The Hall–Kier alpha value is -2.67. The molecule has 4 rings (SSSR count). The predicted octanol–water partition coefficient (Wildman–Crippen LogP) is 0.563. The minimum Gasteiger partial charge on any atom is -0.336 e. The lowest BCUT2D eigenvalue weighted by atomic mass is 10.2. The number of fused-ring (bicyclic) bond motifs is 3. The summed E-state index contributed by atoms with van der Waals surface area (Å²) in [5.74, 6) is -0.0842. The maximum Gasteiger partial charge on any atom is 0.259 e. The van der Waals surface area contributed by atoms with Gasteiger partial charge in [-0.2, -0.15) is 5.10 Å². The van der Waals surface area contributed by atoms with Gasteiger partial charge in [-0.15, -0.1) is 0 Å². The molecular weight excluding hydrogens is 294 g/mol. The second-order valence-corrected chi connectivity index (χ2v) is 5.89. The van der Waals surface area contributed by atoms with Crippen LogP contribution in [0.25, 0.3) is 16.6 Å². The van der Waals surface area contributed by atoms with Crippen molar-refractivity contribution in [1.29, 1.82) is 0 Å². The summed E-state index contributed by atoms with van der Waals surface area (Å²) in [6.45, 7) is 3.07. The van der Waals surface area contributed by atoms with E-state index in [1.54, 1.807) is 16.8 Å². The number of H-pyrrole nitrogens is 1. The minimum absolute atomic E-state index is 0.0842. The van der Waals surface area contributed by atoms with E-state index < -0.39 is 0 Å². The van der Waals surface area contributed by atoms with Gasteiger partial charge in [-0.25, -0.2) is 4.52 Å². The molecule has 7 nitrogen and oxygen atoms in total. The molecule has 0 spiro atoms. The van der Waals surface area contributed by atoms with Crippen molar-refractivity contribution < 1.29 is 4.79 Å². The number of aromatic nitrogens is 3. The van der Waals surface area contributed by atoms with Gasteiger partial charge in [0.15, 0.2) is 0 Å². The second kappa shape index (κ2) is 5.20. The molecule has 0 atom stereocenters. The zero-order valence-corrected chi connectivity index (χ0v) is 12.8. The van der Waals surface area contributed by atoms with E-state index >= 15 is 0 Å². The van der Waals surface area contributed by atoms with E-state index in [4.69, 9.17) is 0 Å². The highest BCUT2D eigenvalue weighted by Crippen LogP contribution is 2.16. The average molecular weight is 311 g/mol. The predicted molar refractivity (Wildman–Crippen MR) is 86.7 cm³/mol. The van der Waals surface area contributed by atoms with Crippen molar-refractivity contribution >= 4 is 22.5 Å². The second-order valence-electron chi connectivity index (χ2n) is 5.89. The highest BCUT2D eigenvalue weighted by Gasteiger charge is 2.24. The Morgan fingerprint density at radius 2 is 1.91 bits per heavy atom. The fraction of sp³-hybridized carbons (Fsp3) is 0.312. The zero-order chi connectivity index (χ0) is 16.0. The summed E-state index contributed by atoms with van der Waals surface area (Å²) in [4.78, 5) is 31.8. The molecule has 0 saturated carbocycles. The molecule has 7 heteroatoms. The lowest BCUT2D eigenvalue weighted by Crippen LogP contribution is -2.47. The number of nitrogens with one attached hydrogen (secondary N) is 1. The number of aromatic amines is 1. The molecular formula is C16H17N5O2. The molecule has 1 N–H and O–H groups in total. The fourth-order valence-electron chi connectivity index (χ4n) is 3.01. The fourth-order valence-corrected chi connectivity index (χ4v) is 3.01. The van der Waals surface area contributed by atoms with E-state index in [9.17, 15) is 9.59 Å². The van der Waals surface area contributed by atoms with Crippen LogP contribution in [-0.2, 0) is 0 Å². The third-order valence-corrected chi connectivity index (χ3v) is 4.40. The number of likely N-dealkylation sites (N-methyl/N-ethyl adjacent to an activating group) is 1. The molecule has 1 fully saturated rings. The Morgan fingerprint density at radius 3 is 2.70 bits per heavy atom. The zero-order valence-electron chi connectivity index (χ0n) is 12.8. The van der Waals surface area contributed by atoms with Gasteiger partial charge in [0.1, 0.15) is 11.2 Å². The monoisotopic (exact) mass is 311 g/mol. The Balaban J connectivity index is 1.82. The number of rotatable bonds is 1. The largest absolute Gasteiger partial charge is 0.336 e. The van der Waals surface area contributed by atoms with Crippen LogP contribution in [-0.4, -0.2) is 63.5 Å². The maximum atomic E-state index is 12.8. The third kappa shape index (κ3) is 2.20. The van der Waals surface area contributed by atoms with Crippen LogP contribution in [0, 0.1) is 0 Å². The van der Waals surface area contributed by atoms with Gasteiger partial charge in [-0.1, -0.05) is 12.1 Å². The summed E-state index contributed by atoms with van der Waals surface area (Å²) in [5.41, 5.74) is 1.39. The molecule has 0 aliphatic carbocycles. The molecule has 2 aromatic heterocycles. The van der Waals surface area contributed by atoms with Crippen LogP contribution >= 0.6 is 0 Å². The molecule has 3 heterocycles. The third-order valence-electron chi connectivity index (χ3n) is 4.40. The molecule has 23 heavy (non-hydrogen) atoms. The van der Waals surface area contributed by atoms with E-state index in [0.29, 0.717) is 35.2 Å². The number of hydrogen-bond donors (Lipinski definition) is 1. The standard InChI is InChI=1S/C16H17N5O2/c1-19-6-8-20(9-7-19)16(23)12-10-17-21-13-5-3-2-4-11(13)15(22)18-14(12)21/h2-5,10H,6-9H2,1H3,(H,18,22). The summed E-state index contributed by atoms with van der Waals surface area (Å²) in [7, 11) is 2.04. The molecule has 1 aromatic carbocycles. The van der Waals surface area contributed by atoms with Crippen LogP contribution in [0.5, 0.6) is 0 Å². The van der Waals surface area contributed by atoms with Crippen molar-refractivity contribution in [3.8, 4) is 0 Å². The Labute approximate surface area is 132 Å². The quantitative estimate of drug-likeness (QED) is 0.713. The SMILES string of the molecule is CN1CCN(C(=O)c2cnn3c2[nH]c(=O)c2ccccc23)CC1. The molecule has 0 radical (unpaired) electrons. The number of carbonyl (C=O) groups excluding carboxylic acids is 1. The molecule has 1 aliphatic rings. The first-order valence-electron chi connectivity index (χ1n) is 7.62. The lowest BCUT2D eigenvalue weighted by Gasteiger charge is -2.32. The molecule has 1 amide bonds. The van der Waals surface area contributed by atoms with E-state index in [2.05, 4.69) is 15.0 Å². The van der Waals surface area contributed by atoms with Crippen molar-refractivity contribution in [3.05, 3.63) is 46.4 Å². The summed E-state index contributed by atoms with van der Waals surface area (Å²) < 4.78 is 1.63. The lowest BCUT2D eigenvalue weighted by molar-refractivity contribution is 0.0666.